The van der Waals surface area contributed by atoms with E-state index in [4.69, 9.17) is 11.6 Å². The van der Waals surface area contributed by atoms with Gasteiger partial charge in [-0.25, -0.2) is 13.6 Å². The first-order valence-corrected chi connectivity index (χ1v) is 10.2. The van der Waals surface area contributed by atoms with Crippen LogP contribution in [0.1, 0.15) is 39.2 Å². The van der Waals surface area contributed by atoms with Crippen molar-refractivity contribution in [2.75, 3.05) is 16.8 Å². The van der Waals surface area contributed by atoms with E-state index in [1.807, 2.05) is 0 Å². The summed E-state index contributed by atoms with van der Waals surface area (Å²) in [4.78, 5) is 26.8. The smallest absolute Gasteiger partial charge is 0.326 e. The van der Waals surface area contributed by atoms with Crippen LogP contribution >= 0.6 is 11.6 Å². The van der Waals surface area contributed by atoms with Crippen molar-refractivity contribution in [3.63, 3.8) is 0 Å². The van der Waals surface area contributed by atoms with Gasteiger partial charge in [-0.05, 0) is 42.5 Å². The van der Waals surface area contributed by atoms with Crippen LogP contribution in [0.15, 0.2) is 54.6 Å². The molecule has 6 nitrogen and oxygen atoms in total. The molecule has 0 radical (unpaired) electrons. The zero-order chi connectivity index (χ0) is 22.6. The summed E-state index contributed by atoms with van der Waals surface area (Å²) in [6, 6.07) is 11.1. The number of hydrogen-bond acceptors (Lipinski definition) is 3. The van der Waals surface area contributed by atoms with Crippen molar-refractivity contribution in [3.8, 4) is 0 Å². The maximum atomic E-state index is 13.9. The van der Waals surface area contributed by atoms with E-state index in [1.165, 1.54) is 41.3 Å². The van der Waals surface area contributed by atoms with E-state index in [1.54, 1.807) is 18.2 Å². The lowest BCUT2D eigenvalue weighted by molar-refractivity contribution is 0.0960. The number of hydrogen-bond donors (Lipinski definition) is 3. The second kappa shape index (κ2) is 7.58. The summed E-state index contributed by atoms with van der Waals surface area (Å²) in [6.45, 7) is -0.0457. The topological polar surface area (TPSA) is 81.7 Å². The largest absolute Gasteiger partial charge is 0.386 e. The van der Waals surface area contributed by atoms with Crippen LogP contribution in [0.4, 0.5) is 25.0 Å². The van der Waals surface area contributed by atoms with Gasteiger partial charge in [0.05, 0.1) is 24.4 Å². The molecule has 3 N–H and O–H groups in total. The van der Waals surface area contributed by atoms with Gasteiger partial charge in [-0.2, -0.15) is 0 Å². The molecule has 3 aromatic carbocycles. The van der Waals surface area contributed by atoms with Crippen LogP contribution in [-0.2, 0) is 0 Å². The van der Waals surface area contributed by atoms with E-state index >= 15 is 0 Å². The molecule has 0 spiro atoms. The summed E-state index contributed by atoms with van der Waals surface area (Å²) in [5.74, 6) is -1.43. The van der Waals surface area contributed by atoms with Crippen LogP contribution in [0.3, 0.4) is 0 Å². The quantitative estimate of drug-likeness (QED) is 0.530. The van der Waals surface area contributed by atoms with E-state index in [9.17, 15) is 23.5 Å². The fourth-order valence-corrected chi connectivity index (χ4v) is 4.44. The van der Waals surface area contributed by atoms with E-state index < -0.39 is 29.8 Å². The second-order valence-electron chi connectivity index (χ2n) is 7.60. The molecule has 2 heterocycles. The van der Waals surface area contributed by atoms with Crippen LogP contribution in [0.5, 0.6) is 0 Å². The van der Waals surface area contributed by atoms with Crippen molar-refractivity contribution in [2.24, 2.45) is 0 Å². The standard InChI is InChI=1S/C23H16ClF2N3O3/c24-16-7-5-11(25)8-15(16)21-20-14(22(31)28-21)2-1-3-17(20)27-23(32)29-10-19(30)13-6-4-12(26)9-18(13)29/h1-9,19,21,30H,10H2,(H,27,32)(H,28,31)/t19-,21-/m1/s1. The third-order valence-electron chi connectivity index (χ3n) is 5.67. The Kier molecular flexibility index (Phi) is 4.83. The summed E-state index contributed by atoms with van der Waals surface area (Å²) in [6.07, 6.45) is -0.945. The van der Waals surface area contributed by atoms with E-state index in [0.29, 0.717) is 27.9 Å². The number of aliphatic hydroxyl groups excluding tert-OH is 1. The average Bonchev–Trinajstić information content (AvgIpc) is 3.27. The third-order valence-corrected chi connectivity index (χ3v) is 6.01. The molecule has 0 unspecified atom stereocenters. The second-order valence-corrected chi connectivity index (χ2v) is 8.01. The molecule has 32 heavy (non-hydrogen) atoms. The Morgan fingerprint density at radius 2 is 1.84 bits per heavy atom. The molecule has 3 amide bonds. The first kappa shape index (κ1) is 20.4. The molecule has 5 rings (SSSR count). The Balaban J connectivity index is 1.52. The highest BCUT2D eigenvalue weighted by molar-refractivity contribution is 6.31. The Morgan fingerprint density at radius 3 is 2.66 bits per heavy atom. The minimum absolute atomic E-state index is 0.0457. The number of amides is 3. The third kappa shape index (κ3) is 3.28. The van der Waals surface area contributed by atoms with Gasteiger partial charge in [0, 0.05) is 33.0 Å². The van der Waals surface area contributed by atoms with Crippen LogP contribution in [-0.4, -0.2) is 23.6 Å². The molecule has 2 aliphatic heterocycles. The van der Waals surface area contributed by atoms with E-state index in [-0.39, 0.29) is 23.2 Å². The molecule has 3 aromatic rings. The first-order valence-electron chi connectivity index (χ1n) is 9.78. The fourth-order valence-electron chi connectivity index (χ4n) is 4.21. The number of rotatable bonds is 2. The molecule has 0 saturated heterocycles. The predicted molar refractivity (Wildman–Crippen MR) is 115 cm³/mol. The number of urea groups is 1. The number of aliphatic hydroxyl groups is 1. The van der Waals surface area contributed by atoms with Crippen LogP contribution < -0.4 is 15.5 Å². The minimum Gasteiger partial charge on any atom is -0.386 e. The van der Waals surface area contributed by atoms with Crippen molar-refractivity contribution >= 4 is 34.9 Å². The van der Waals surface area contributed by atoms with Gasteiger partial charge in [-0.3, -0.25) is 9.69 Å². The molecule has 0 fully saturated rings. The van der Waals surface area contributed by atoms with Crippen molar-refractivity contribution < 1.29 is 23.5 Å². The number of carbonyl (C=O) groups is 2. The summed E-state index contributed by atoms with van der Waals surface area (Å²) in [7, 11) is 0. The SMILES string of the molecule is O=C1N[C@H](c2cc(F)ccc2Cl)c2c(NC(=O)N3C[C@@H](O)c4ccc(F)cc43)cccc21. The normalized spacial score (nSPS) is 18.9. The van der Waals surface area contributed by atoms with E-state index in [0.717, 1.165) is 0 Å². The molecule has 0 bridgehead atoms. The molecular weight excluding hydrogens is 440 g/mol. The van der Waals surface area contributed by atoms with Gasteiger partial charge in [-0.1, -0.05) is 23.7 Å². The number of nitrogens with zero attached hydrogens (tertiary/aromatic N) is 1. The molecule has 0 saturated carbocycles. The van der Waals surface area contributed by atoms with Crippen molar-refractivity contribution in [1.29, 1.82) is 0 Å². The summed E-state index contributed by atoms with van der Waals surface area (Å²) >= 11 is 6.26. The van der Waals surface area contributed by atoms with Crippen molar-refractivity contribution in [3.05, 3.63) is 93.5 Å². The molecule has 9 heteroatoms. The van der Waals surface area contributed by atoms with Crippen LogP contribution in [0.25, 0.3) is 0 Å². The number of fused-ring (bicyclic) bond motifs is 2. The first-order chi connectivity index (χ1) is 15.3. The highest BCUT2D eigenvalue weighted by Gasteiger charge is 2.36. The van der Waals surface area contributed by atoms with Gasteiger partial charge >= 0.3 is 6.03 Å². The lowest BCUT2D eigenvalue weighted by Crippen LogP contribution is -2.34. The number of halogens is 3. The zero-order valence-electron chi connectivity index (χ0n) is 16.4. The van der Waals surface area contributed by atoms with Gasteiger partial charge in [-0.15, -0.1) is 0 Å². The van der Waals surface area contributed by atoms with Gasteiger partial charge in [0.15, 0.2) is 0 Å². The van der Waals surface area contributed by atoms with E-state index in [2.05, 4.69) is 10.6 Å². The molecular formula is C23H16ClF2N3O3. The zero-order valence-corrected chi connectivity index (χ0v) is 17.2. The monoisotopic (exact) mass is 455 g/mol. The number of β-amino-alcohol motifs (C(OH)–C–C–N with tert-alkyl or cyclic N) is 1. The van der Waals surface area contributed by atoms with Gasteiger partial charge in [0.2, 0.25) is 0 Å². The molecule has 2 aliphatic rings. The number of benzene rings is 3. The lowest BCUT2D eigenvalue weighted by atomic mass is 9.96. The average molecular weight is 456 g/mol. The van der Waals surface area contributed by atoms with Crippen molar-refractivity contribution in [1.82, 2.24) is 5.32 Å². The summed E-state index contributed by atoms with van der Waals surface area (Å²) < 4.78 is 27.7. The fraction of sp³-hybridized carbons (Fsp3) is 0.130. The minimum atomic E-state index is -0.945. The van der Waals surface area contributed by atoms with Gasteiger partial charge < -0.3 is 15.7 Å². The summed E-state index contributed by atoms with van der Waals surface area (Å²) in [5, 5.41) is 16.0. The highest BCUT2D eigenvalue weighted by atomic mass is 35.5. The molecule has 0 aliphatic carbocycles. The Hall–Kier alpha value is -3.49. The maximum Gasteiger partial charge on any atom is 0.326 e. The number of nitrogens with one attached hydrogen (secondary N) is 2. The Bertz CT molecular complexity index is 1280. The predicted octanol–water partition coefficient (Wildman–Crippen LogP) is 4.54. The van der Waals surface area contributed by atoms with Gasteiger partial charge in [0.1, 0.15) is 11.6 Å². The molecule has 162 valence electrons. The number of carbonyl (C=O) groups excluding carboxylic acids is 2. The van der Waals surface area contributed by atoms with Crippen LogP contribution in [0, 0.1) is 11.6 Å². The van der Waals surface area contributed by atoms with Crippen molar-refractivity contribution in [2.45, 2.75) is 12.1 Å². The maximum absolute atomic E-state index is 13.9. The lowest BCUT2D eigenvalue weighted by Gasteiger charge is -2.21. The highest BCUT2D eigenvalue weighted by Crippen LogP contribution is 2.40. The Labute approximate surface area is 186 Å². The Morgan fingerprint density at radius 1 is 1.09 bits per heavy atom. The van der Waals surface area contributed by atoms with Crippen LogP contribution in [0.2, 0.25) is 5.02 Å². The summed E-state index contributed by atoms with van der Waals surface area (Å²) in [5.41, 5.74) is 2.14. The molecule has 0 aromatic heterocycles. The number of anilines is 2. The van der Waals surface area contributed by atoms with Gasteiger partial charge in [0.25, 0.3) is 5.91 Å². The molecule has 2 atom stereocenters.